The van der Waals surface area contributed by atoms with Crippen LogP contribution in [-0.2, 0) is 13.1 Å². The number of hydrogen-bond donors (Lipinski definition) is 1. The summed E-state index contributed by atoms with van der Waals surface area (Å²) in [5, 5.41) is 9.85. The molecule has 122 valence electrons. The summed E-state index contributed by atoms with van der Waals surface area (Å²) in [6, 6.07) is 0. The summed E-state index contributed by atoms with van der Waals surface area (Å²) in [5.74, 6) is 0.802. The highest BCUT2D eigenvalue weighted by Crippen LogP contribution is 2.26. The minimum atomic E-state index is 0.0301. The van der Waals surface area contributed by atoms with Crippen LogP contribution in [0.5, 0.6) is 0 Å². The van der Waals surface area contributed by atoms with E-state index < -0.39 is 0 Å². The molecular formula is C16H25N3O2S. The molecule has 0 aliphatic rings. The lowest BCUT2D eigenvalue weighted by Gasteiger charge is -2.20. The molecule has 0 bridgehead atoms. The maximum absolute atomic E-state index is 12.9. The normalized spacial score (nSPS) is 11.7. The molecule has 0 fully saturated rings. The van der Waals surface area contributed by atoms with Gasteiger partial charge in [-0.1, -0.05) is 13.8 Å². The third kappa shape index (κ3) is 3.24. The lowest BCUT2D eigenvalue weighted by Crippen LogP contribution is -2.31. The molecule has 0 aliphatic carbocycles. The lowest BCUT2D eigenvalue weighted by atomic mass is 10.2. The third-order valence-corrected chi connectivity index (χ3v) is 5.27. The Hall–Kier alpha value is -1.24. The lowest BCUT2D eigenvalue weighted by molar-refractivity contribution is 0.265. The van der Waals surface area contributed by atoms with Gasteiger partial charge in [0.25, 0.3) is 5.56 Å². The van der Waals surface area contributed by atoms with Gasteiger partial charge < -0.3 is 5.11 Å². The first kappa shape index (κ1) is 17.1. The number of nitrogens with zero attached hydrogens (tertiary/aromatic N) is 3. The maximum Gasteiger partial charge on any atom is 0.262 e. The highest BCUT2D eigenvalue weighted by Gasteiger charge is 2.17. The second-order valence-electron chi connectivity index (χ2n) is 5.49. The Morgan fingerprint density at radius 2 is 1.95 bits per heavy atom. The van der Waals surface area contributed by atoms with E-state index in [1.54, 1.807) is 15.9 Å². The molecule has 0 aromatic carbocycles. The summed E-state index contributed by atoms with van der Waals surface area (Å²) in [7, 11) is 0. The highest BCUT2D eigenvalue weighted by molar-refractivity contribution is 7.18. The van der Waals surface area contributed by atoms with Crippen molar-refractivity contribution in [2.75, 3.05) is 19.7 Å². The molecule has 0 saturated carbocycles. The fourth-order valence-electron chi connectivity index (χ4n) is 2.60. The first-order valence-corrected chi connectivity index (χ1v) is 8.67. The van der Waals surface area contributed by atoms with E-state index in [1.165, 1.54) is 0 Å². The number of rotatable bonds is 7. The van der Waals surface area contributed by atoms with Crippen LogP contribution in [0.2, 0.25) is 0 Å². The van der Waals surface area contributed by atoms with Crippen molar-refractivity contribution in [2.45, 2.75) is 47.2 Å². The minimum absolute atomic E-state index is 0.0301. The van der Waals surface area contributed by atoms with Crippen molar-refractivity contribution in [3.63, 3.8) is 0 Å². The van der Waals surface area contributed by atoms with E-state index in [0.717, 1.165) is 39.6 Å². The number of aliphatic hydroxyl groups excluding tert-OH is 1. The van der Waals surface area contributed by atoms with Crippen LogP contribution < -0.4 is 5.56 Å². The van der Waals surface area contributed by atoms with Crippen LogP contribution in [0.3, 0.4) is 0 Å². The summed E-state index contributed by atoms with van der Waals surface area (Å²) in [4.78, 5) is 21.9. The molecule has 2 heterocycles. The van der Waals surface area contributed by atoms with Crippen LogP contribution >= 0.6 is 11.3 Å². The van der Waals surface area contributed by atoms with Crippen molar-refractivity contribution in [3.8, 4) is 0 Å². The second-order valence-corrected chi connectivity index (χ2v) is 6.69. The second kappa shape index (κ2) is 7.35. The molecule has 2 aromatic heterocycles. The summed E-state index contributed by atoms with van der Waals surface area (Å²) in [6.07, 6.45) is 0.570. The van der Waals surface area contributed by atoms with Gasteiger partial charge in [-0.15, -0.1) is 11.3 Å². The Bertz CT molecular complexity index is 701. The molecule has 0 aliphatic heterocycles. The van der Waals surface area contributed by atoms with Gasteiger partial charge in [0.05, 0.1) is 11.9 Å². The van der Waals surface area contributed by atoms with Crippen LogP contribution in [-0.4, -0.2) is 39.3 Å². The van der Waals surface area contributed by atoms with Gasteiger partial charge in [-0.05, 0) is 38.9 Å². The third-order valence-electron chi connectivity index (χ3n) is 4.17. The number of hydrogen-bond acceptors (Lipinski definition) is 5. The van der Waals surface area contributed by atoms with Gasteiger partial charge in [-0.3, -0.25) is 14.3 Å². The number of aromatic nitrogens is 2. The smallest absolute Gasteiger partial charge is 0.262 e. The molecule has 2 rings (SSSR count). The summed E-state index contributed by atoms with van der Waals surface area (Å²) >= 11 is 1.59. The molecule has 0 radical (unpaired) electrons. The van der Waals surface area contributed by atoms with Gasteiger partial charge in [0.2, 0.25) is 0 Å². The topological polar surface area (TPSA) is 58.4 Å². The van der Waals surface area contributed by atoms with Crippen molar-refractivity contribution in [3.05, 3.63) is 26.6 Å². The molecule has 22 heavy (non-hydrogen) atoms. The Labute approximate surface area is 135 Å². The molecular weight excluding hydrogens is 298 g/mol. The largest absolute Gasteiger partial charge is 0.396 e. The average molecular weight is 323 g/mol. The van der Waals surface area contributed by atoms with Crippen LogP contribution in [0.1, 0.15) is 36.5 Å². The predicted molar refractivity (Wildman–Crippen MR) is 91.7 cm³/mol. The fourth-order valence-corrected chi connectivity index (χ4v) is 3.64. The average Bonchev–Trinajstić information content (AvgIpc) is 2.79. The predicted octanol–water partition coefficient (Wildman–Crippen LogP) is 2.30. The molecule has 1 N–H and O–H groups in total. The van der Waals surface area contributed by atoms with E-state index >= 15 is 0 Å². The Balaban J connectivity index is 2.59. The molecule has 0 atom stereocenters. The van der Waals surface area contributed by atoms with Gasteiger partial charge in [0.1, 0.15) is 10.7 Å². The zero-order chi connectivity index (χ0) is 16.3. The van der Waals surface area contributed by atoms with Crippen LogP contribution in [0, 0.1) is 13.8 Å². The first-order chi connectivity index (χ1) is 10.5. The van der Waals surface area contributed by atoms with Crippen molar-refractivity contribution in [1.82, 2.24) is 14.5 Å². The zero-order valence-corrected chi connectivity index (χ0v) is 14.7. The first-order valence-electron chi connectivity index (χ1n) is 7.86. The quantitative estimate of drug-likeness (QED) is 0.849. The molecule has 0 spiro atoms. The maximum atomic E-state index is 12.9. The summed E-state index contributed by atoms with van der Waals surface area (Å²) in [5.41, 5.74) is 1.06. The van der Waals surface area contributed by atoms with Gasteiger partial charge in [-0.25, -0.2) is 4.98 Å². The van der Waals surface area contributed by atoms with Crippen molar-refractivity contribution in [1.29, 1.82) is 0 Å². The van der Waals surface area contributed by atoms with Crippen molar-refractivity contribution in [2.24, 2.45) is 0 Å². The van der Waals surface area contributed by atoms with Gasteiger partial charge in [0, 0.05) is 18.0 Å². The van der Waals surface area contributed by atoms with Gasteiger partial charge >= 0.3 is 0 Å². The zero-order valence-electron chi connectivity index (χ0n) is 13.8. The molecule has 0 saturated heterocycles. The Kier molecular flexibility index (Phi) is 5.72. The summed E-state index contributed by atoms with van der Waals surface area (Å²) in [6.45, 7) is 11.3. The molecule has 0 unspecified atom stereocenters. The number of aryl methyl sites for hydroxylation is 2. The molecule has 6 heteroatoms. The molecule has 5 nitrogen and oxygen atoms in total. The van der Waals surface area contributed by atoms with E-state index in [9.17, 15) is 4.79 Å². The number of fused-ring (bicyclic) bond motifs is 1. The van der Waals surface area contributed by atoms with Gasteiger partial charge in [-0.2, -0.15) is 0 Å². The molecule has 0 amide bonds. The van der Waals surface area contributed by atoms with Crippen LogP contribution in [0.15, 0.2) is 4.79 Å². The molecule has 2 aromatic rings. The fraction of sp³-hybridized carbons (Fsp3) is 0.625. The van der Waals surface area contributed by atoms with E-state index in [4.69, 9.17) is 10.1 Å². The number of aliphatic hydroxyl groups is 1. The van der Waals surface area contributed by atoms with E-state index in [1.807, 2.05) is 13.8 Å². The minimum Gasteiger partial charge on any atom is -0.396 e. The Morgan fingerprint density at radius 3 is 2.55 bits per heavy atom. The monoisotopic (exact) mass is 323 g/mol. The highest BCUT2D eigenvalue weighted by atomic mass is 32.1. The Morgan fingerprint density at radius 1 is 1.27 bits per heavy atom. The SMILES string of the molecule is CCN(CC)Cc1nc2sc(C)c(C)c2c(=O)n1CCCO. The van der Waals surface area contributed by atoms with Crippen molar-refractivity contribution < 1.29 is 5.11 Å². The van der Waals surface area contributed by atoms with Crippen LogP contribution in [0.4, 0.5) is 0 Å². The van der Waals surface area contributed by atoms with E-state index in [-0.39, 0.29) is 12.2 Å². The standard InChI is InChI=1S/C16H25N3O2S/c1-5-18(6-2)10-13-17-15-14(11(3)12(4)22-15)16(21)19(13)8-7-9-20/h20H,5-10H2,1-4H3. The summed E-state index contributed by atoms with van der Waals surface area (Å²) < 4.78 is 1.75. The van der Waals surface area contributed by atoms with Crippen molar-refractivity contribution >= 4 is 21.6 Å². The van der Waals surface area contributed by atoms with Gasteiger partial charge in [0.15, 0.2) is 0 Å². The van der Waals surface area contributed by atoms with E-state index in [2.05, 4.69) is 18.7 Å². The number of thiophene rings is 1. The van der Waals surface area contributed by atoms with E-state index in [0.29, 0.717) is 19.5 Å². The van der Waals surface area contributed by atoms with Crippen LogP contribution in [0.25, 0.3) is 10.2 Å².